The second-order valence-corrected chi connectivity index (χ2v) is 6.03. The number of H-pyrrole nitrogens is 1. The van der Waals surface area contributed by atoms with Gasteiger partial charge in [-0.05, 0) is 43.2 Å². The van der Waals surface area contributed by atoms with Gasteiger partial charge in [-0.15, -0.1) is 0 Å². The monoisotopic (exact) mass is 330 g/mol. The fourth-order valence-electron chi connectivity index (χ4n) is 2.85. The van der Waals surface area contributed by atoms with Gasteiger partial charge >= 0.3 is 0 Å². The largest absolute Gasteiger partial charge is 0.356 e. The number of aromatic nitrogens is 2. The zero-order valence-electron chi connectivity index (χ0n) is 13.7. The number of halogens is 1. The van der Waals surface area contributed by atoms with Gasteiger partial charge in [-0.3, -0.25) is 9.59 Å². The summed E-state index contributed by atoms with van der Waals surface area (Å²) in [7, 11) is 0. The fourth-order valence-corrected chi connectivity index (χ4v) is 2.85. The molecule has 1 N–H and O–H groups in total. The van der Waals surface area contributed by atoms with E-state index in [1.54, 1.807) is 28.9 Å². The molecule has 1 aliphatic rings. The Kier molecular flexibility index (Phi) is 4.33. The van der Waals surface area contributed by atoms with Crippen molar-refractivity contribution < 1.29 is 9.18 Å². The number of rotatable bonds is 3. The van der Waals surface area contributed by atoms with Crippen LogP contribution in [0.25, 0.3) is 0 Å². The molecule has 0 unspecified atom stereocenters. The highest BCUT2D eigenvalue weighted by Gasteiger charge is 2.26. The highest BCUT2D eigenvalue weighted by Crippen LogP contribution is 2.17. The fraction of sp³-hybridized carbons (Fsp3) is 0.353. The molecule has 0 aliphatic carbocycles. The van der Waals surface area contributed by atoms with Crippen molar-refractivity contribution in [3.05, 3.63) is 57.3 Å². The molecule has 1 fully saturated rings. The summed E-state index contributed by atoms with van der Waals surface area (Å²) in [5.41, 5.74) is 2.62. The number of aryl methyl sites for hydroxylation is 2. The molecule has 0 saturated carbocycles. The number of carbonyl (C=O) groups excluding carboxylic acids is 1. The van der Waals surface area contributed by atoms with Crippen molar-refractivity contribution in [3.63, 3.8) is 0 Å². The van der Waals surface area contributed by atoms with E-state index >= 15 is 0 Å². The molecule has 0 spiro atoms. The van der Waals surface area contributed by atoms with Crippen LogP contribution in [-0.2, 0) is 11.3 Å². The summed E-state index contributed by atoms with van der Waals surface area (Å²) in [4.78, 5) is 27.8. The van der Waals surface area contributed by atoms with Crippen LogP contribution in [0, 0.1) is 19.7 Å². The molecule has 126 valence electrons. The number of hydrogen-bond donors (Lipinski definition) is 1. The number of amides is 1. The molecule has 6 nitrogen and oxygen atoms in total. The Morgan fingerprint density at radius 3 is 2.71 bits per heavy atom. The average molecular weight is 330 g/mol. The average Bonchev–Trinajstić information content (AvgIpc) is 2.54. The van der Waals surface area contributed by atoms with E-state index in [-0.39, 0.29) is 23.8 Å². The van der Waals surface area contributed by atoms with Crippen LogP contribution in [0.2, 0.25) is 0 Å². The number of hydrogen-bond acceptors (Lipinski definition) is 4. The van der Waals surface area contributed by atoms with E-state index < -0.39 is 0 Å². The third-order valence-electron chi connectivity index (χ3n) is 4.24. The Morgan fingerprint density at radius 2 is 2.00 bits per heavy atom. The standard InChI is InChI=1S/C17H19FN4O2/c1-11-7-14(18)4-3-13(11)9-22-6-5-21(10-16(22)23)15-8-12(2)19-20-17(15)24/h3-4,7-8H,5-6,9-10H2,1-2H3,(H,20,24). The van der Waals surface area contributed by atoms with E-state index in [9.17, 15) is 14.0 Å². The lowest BCUT2D eigenvalue weighted by molar-refractivity contribution is -0.131. The lowest BCUT2D eigenvalue weighted by Gasteiger charge is -2.35. The maximum atomic E-state index is 13.2. The highest BCUT2D eigenvalue weighted by molar-refractivity contribution is 5.82. The second kappa shape index (κ2) is 6.43. The van der Waals surface area contributed by atoms with Gasteiger partial charge in [-0.2, -0.15) is 5.10 Å². The van der Waals surface area contributed by atoms with Gasteiger partial charge in [0.05, 0.1) is 12.2 Å². The van der Waals surface area contributed by atoms with Crippen LogP contribution < -0.4 is 10.5 Å². The second-order valence-electron chi connectivity index (χ2n) is 6.03. The van der Waals surface area contributed by atoms with E-state index in [0.29, 0.717) is 31.0 Å². The topological polar surface area (TPSA) is 69.3 Å². The summed E-state index contributed by atoms with van der Waals surface area (Å²) < 4.78 is 13.2. The number of anilines is 1. The molecule has 1 saturated heterocycles. The molecule has 0 radical (unpaired) electrons. The minimum Gasteiger partial charge on any atom is -0.356 e. The van der Waals surface area contributed by atoms with Crippen molar-refractivity contribution in [1.29, 1.82) is 0 Å². The maximum absolute atomic E-state index is 13.2. The van der Waals surface area contributed by atoms with E-state index in [4.69, 9.17) is 0 Å². The minimum absolute atomic E-state index is 0.0566. The van der Waals surface area contributed by atoms with Crippen molar-refractivity contribution in [3.8, 4) is 0 Å². The van der Waals surface area contributed by atoms with E-state index in [1.807, 2.05) is 6.92 Å². The van der Waals surface area contributed by atoms with Crippen LogP contribution in [0.15, 0.2) is 29.1 Å². The SMILES string of the molecule is Cc1cc(N2CCN(Cc3ccc(F)cc3C)C(=O)C2)c(=O)[nH]n1. The maximum Gasteiger partial charge on any atom is 0.287 e. The summed E-state index contributed by atoms with van der Waals surface area (Å²) >= 11 is 0. The molecule has 1 aliphatic heterocycles. The van der Waals surface area contributed by atoms with E-state index in [1.165, 1.54) is 12.1 Å². The molecule has 1 amide bonds. The Hall–Kier alpha value is -2.70. The van der Waals surface area contributed by atoms with Gasteiger partial charge < -0.3 is 9.80 Å². The van der Waals surface area contributed by atoms with Crippen LogP contribution in [0.5, 0.6) is 0 Å². The quantitative estimate of drug-likeness (QED) is 0.923. The Morgan fingerprint density at radius 1 is 1.21 bits per heavy atom. The van der Waals surface area contributed by atoms with E-state index in [2.05, 4.69) is 10.2 Å². The first-order valence-electron chi connectivity index (χ1n) is 7.78. The lowest BCUT2D eigenvalue weighted by atomic mass is 10.1. The Labute approximate surface area is 138 Å². The van der Waals surface area contributed by atoms with Crippen molar-refractivity contribution in [2.45, 2.75) is 20.4 Å². The number of nitrogens with one attached hydrogen (secondary N) is 1. The molecule has 0 bridgehead atoms. The smallest absolute Gasteiger partial charge is 0.287 e. The van der Waals surface area contributed by atoms with Crippen LogP contribution in [0.4, 0.5) is 10.1 Å². The van der Waals surface area contributed by atoms with Gasteiger partial charge in [0.2, 0.25) is 5.91 Å². The van der Waals surface area contributed by atoms with Gasteiger partial charge in [-0.25, -0.2) is 9.49 Å². The predicted octanol–water partition coefficient (Wildman–Crippen LogP) is 1.37. The zero-order valence-corrected chi connectivity index (χ0v) is 13.7. The molecular weight excluding hydrogens is 311 g/mol. The predicted molar refractivity (Wildman–Crippen MR) is 88.4 cm³/mol. The van der Waals surface area contributed by atoms with Crippen molar-refractivity contribution in [2.75, 3.05) is 24.5 Å². The van der Waals surface area contributed by atoms with Gasteiger partial charge in [0.15, 0.2) is 0 Å². The third-order valence-corrected chi connectivity index (χ3v) is 4.24. The Bertz CT molecular complexity index is 834. The number of benzene rings is 1. The number of nitrogens with zero attached hydrogens (tertiary/aromatic N) is 3. The first-order valence-corrected chi connectivity index (χ1v) is 7.78. The molecule has 0 atom stereocenters. The summed E-state index contributed by atoms with van der Waals surface area (Å²) in [5.74, 6) is -0.335. The third kappa shape index (κ3) is 3.29. The van der Waals surface area contributed by atoms with E-state index in [0.717, 1.165) is 11.1 Å². The van der Waals surface area contributed by atoms with Crippen LogP contribution in [-0.4, -0.2) is 40.6 Å². The van der Waals surface area contributed by atoms with Gasteiger partial charge in [0.25, 0.3) is 5.56 Å². The summed E-state index contributed by atoms with van der Waals surface area (Å²) in [6.45, 7) is 5.29. The Balaban J connectivity index is 1.72. The summed E-state index contributed by atoms with van der Waals surface area (Å²) in [5, 5.41) is 6.29. The van der Waals surface area contributed by atoms with Crippen LogP contribution in [0.3, 0.4) is 0 Å². The molecule has 1 aromatic heterocycles. The summed E-state index contributed by atoms with van der Waals surface area (Å²) in [6, 6.07) is 6.27. The van der Waals surface area contributed by atoms with Crippen molar-refractivity contribution in [1.82, 2.24) is 15.1 Å². The summed E-state index contributed by atoms with van der Waals surface area (Å²) in [6.07, 6.45) is 0. The number of piperazine rings is 1. The normalized spacial score (nSPS) is 15.0. The van der Waals surface area contributed by atoms with Gasteiger partial charge in [0, 0.05) is 19.6 Å². The molecule has 1 aromatic carbocycles. The molecule has 3 rings (SSSR count). The molecule has 2 heterocycles. The number of aromatic amines is 1. The van der Waals surface area contributed by atoms with Crippen LogP contribution in [0.1, 0.15) is 16.8 Å². The van der Waals surface area contributed by atoms with Crippen molar-refractivity contribution >= 4 is 11.6 Å². The zero-order chi connectivity index (χ0) is 17.3. The molecule has 7 heteroatoms. The first kappa shape index (κ1) is 16.2. The van der Waals surface area contributed by atoms with Crippen molar-refractivity contribution in [2.24, 2.45) is 0 Å². The lowest BCUT2D eigenvalue weighted by Crippen LogP contribution is -2.51. The molecule has 24 heavy (non-hydrogen) atoms. The number of carbonyl (C=O) groups is 1. The van der Waals surface area contributed by atoms with Gasteiger partial charge in [-0.1, -0.05) is 6.07 Å². The highest BCUT2D eigenvalue weighted by atomic mass is 19.1. The minimum atomic E-state index is -0.295. The van der Waals surface area contributed by atoms with Gasteiger partial charge in [0.1, 0.15) is 11.5 Å². The molecular formula is C17H19FN4O2. The molecule has 2 aromatic rings. The van der Waals surface area contributed by atoms with Crippen LogP contribution >= 0.6 is 0 Å². The first-order chi connectivity index (χ1) is 11.4.